The molecule has 1 saturated carbocycles. The van der Waals surface area contributed by atoms with E-state index < -0.39 is 0 Å². The highest BCUT2D eigenvalue weighted by atomic mass is 16.2. The minimum absolute atomic E-state index is 0.673. The minimum Gasteiger partial charge on any atom is -0.400 e. The van der Waals surface area contributed by atoms with E-state index in [0.717, 1.165) is 30.6 Å². The number of anilines is 1. The lowest BCUT2D eigenvalue weighted by Gasteiger charge is -1.97. The van der Waals surface area contributed by atoms with Gasteiger partial charge in [-0.25, -0.2) is 0 Å². The number of carbonyl (C=O) groups excluding carboxylic acids is 1. The maximum atomic E-state index is 10.2. The van der Waals surface area contributed by atoms with Crippen molar-refractivity contribution >= 4 is 12.0 Å². The van der Waals surface area contributed by atoms with Gasteiger partial charge in [-0.15, -0.1) is 0 Å². The van der Waals surface area contributed by atoms with Gasteiger partial charge in [0, 0.05) is 18.4 Å². The Labute approximate surface area is 97.3 Å². The van der Waals surface area contributed by atoms with Crippen molar-refractivity contribution in [2.45, 2.75) is 26.7 Å². The van der Waals surface area contributed by atoms with Crippen molar-refractivity contribution in [1.82, 2.24) is 0 Å². The summed E-state index contributed by atoms with van der Waals surface area (Å²) >= 11 is 0. The highest BCUT2D eigenvalue weighted by Crippen LogP contribution is 2.26. The topological polar surface area (TPSA) is 63.3 Å². The first-order valence-corrected chi connectivity index (χ1v) is 5.39. The van der Waals surface area contributed by atoms with Gasteiger partial charge in [-0.2, -0.15) is 0 Å². The number of aliphatic hydroxyl groups is 1. The van der Waals surface area contributed by atoms with Gasteiger partial charge in [-0.3, -0.25) is 4.79 Å². The molecule has 1 aromatic rings. The van der Waals surface area contributed by atoms with Gasteiger partial charge in [-0.05, 0) is 36.6 Å². The Morgan fingerprint density at radius 2 is 1.88 bits per heavy atom. The second kappa shape index (κ2) is 7.88. The number of hydrogen-bond acceptors (Lipinski definition) is 3. The van der Waals surface area contributed by atoms with Crippen LogP contribution in [0.5, 0.6) is 0 Å². The van der Waals surface area contributed by atoms with Crippen LogP contribution in [0.15, 0.2) is 18.2 Å². The van der Waals surface area contributed by atoms with E-state index in [1.54, 1.807) is 18.2 Å². The van der Waals surface area contributed by atoms with Crippen LogP contribution >= 0.6 is 0 Å². The summed E-state index contributed by atoms with van der Waals surface area (Å²) in [6, 6.07) is 5.21. The zero-order chi connectivity index (χ0) is 12.6. The summed E-state index contributed by atoms with van der Waals surface area (Å²) in [4.78, 5) is 10.2. The molecule has 1 aromatic carbocycles. The third-order valence-corrected chi connectivity index (χ3v) is 2.30. The summed E-state index contributed by atoms with van der Waals surface area (Å²) in [5.41, 5.74) is 7.88. The molecule has 1 aliphatic carbocycles. The predicted molar refractivity (Wildman–Crippen MR) is 67.5 cm³/mol. The number of aliphatic hydroxyl groups excluding tert-OH is 1. The molecule has 3 heteroatoms. The van der Waals surface area contributed by atoms with Crippen LogP contribution in [0.25, 0.3) is 0 Å². The Morgan fingerprint density at radius 1 is 1.38 bits per heavy atom. The molecule has 16 heavy (non-hydrogen) atoms. The van der Waals surface area contributed by atoms with Crippen LogP contribution in [0, 0.1) is 12.8 Å². The van der Waals surface area contributed by atoms with Gasteiger partial charge in [-0.1, -0.05) is 19.8 Å². The lowest BCUT2D eigenvalue weighted by molar-refractivity contribution is 0.112. The molecule has 0 bridgehead atoms. The van der Waals surface area contributed by atoms with Crippen molar-refractivity contribution in [3.05, 3.63) is 29.3 Å². The van der Waals surface area contributed by atoms with Crippen molar-refractivity contribution in [2.24, 2.45) is 5.92 Å². The molecule has 0 spiro atoms. The summed E-state index contributed by atoms with van der Waals surface area (Å²) in [5, 5.41) is 7.00. The summed E-state index contributed by atoms with van der Waals surface area (Å²) in [6.45, 7) is 4.16. The molecular weight excluding hydrogens is 202 g/mol. The van der Waals surface area contributed by atoms with Gasteiger partial charge in [0.15, 0.2) is 0 Å². The Kier molecular flexibility index (Phi) is 7.21. The zero-order valence-corrected chi connectivity index (χ0v) is 10.2. The molecule has 0 aliphatic heterocycles. The molecule has 1 fully saturated rings. The first-order valence-electron chi connectivity index (χ1n) is 5.39. The van der Waals surface area contributed by atoms with Gasteiger partial charge in [0.25, 0.3) is 0 Å². The molecule has 0 heterocycles. The van der Waals surface area contributed by atoms with Gasteiger partial charge in [0.1, 0.15) is 6.29 Å². The van der Waals surface area contributed by atoms with Crippen LogP contribution in [0.4, 0.5) is 5.69 Å². The van der Waals surface area contributed by atoms with Crippen LogP contribution in [0.3, 0.4) is 0 Å². The summed E-state index contributed by atoms with van der Waals surface area (Å²) < 4.78 is 0. The van der Waals surface area contributed by atoms with E-state index in [-0.39, 0.29) is 0 Å². The van der Waals surface area contributed by atoms with Crippen molar-refractivity contribution < 1.29 is 9.90 Å². The van der Waals surface area contributed by atoms with Crippen LogP contribution in [0.2, 0.25) is 0 Å². The summed E-state index contributed by atoms with van der Waals surface area (Å²) in [5.74, 6) is 1.08. The average molecular weight is 223 g/mol. The molecule has 0 unspecified atom stereocenters. The lowest BCUT2D eigenvalue weighted by atomic mass is 10.1. The van der Waals surface area contributed by atoms with E-state index in [9.17, 15) is 4.79 Å². The zero-order valence-electron chi connectivity index (χ0n) is 10.2. The number of benzene rings is 1. The third-order valence-electron chi connectivity index (χ3n) is 2.30. The number of hydrogen-bond donors (Lipinski definition) is 2. The van der Waals surface area contributed by atoms with Crippen LogP contribution < -0.4 is 5.73 Å². The highest BCUT2D eigenvalue weighted by molar-refractivity contribution is 5.76. The molecule has 0 aromatic heterocycles. The first kappa shape index (κ1) is 14.6. The number of aldehydes is 1. The number of nitrogens with two attached hydrogens (primary N) is 1. The normalized spacial score (nSPS) is 12.8. The standard InChI is InChI=1S/C8H9NO.C4H8.CH4O/c1-6-4-7(5-10)2-3-8(6)9;1-4-2-3-4;1-2/h2-5H,9H2,1H3;4H,2-3H2,1H3;2H,1H3. The molecule has 1 aliphatic rings. The van der Waals surface area contributed by atoms with E-state index in [1.165, 1.54) is 12.8 Å². The van der Waals surface area contributed by atoms with E-state index >= 15 is 0 Å². The fraction of sp³-hybridized carbons (Fsp3) is 0.462. The first-order chi connectivity index (χ1) is 7.63. The Balaban J connectivity index is 0.000000311. The largest absolute Gasteiger partial charge is 0.400 e. The van der Waals surface area contributed by atoms with Gasteiger partial charge < -0.3 is 10.8 Å². The molecule has 3 nitrogen and oxygen atoms in total. The lowest BCUT2D eigenvalue weighted by Crippen LogP contribution is -1.90. The van der Waals surface area contributed by atoms with E-state index in [2.05, 4.69) is 6.92 Å². The second-order valence-electron chi connectivity index (χ2n) is 3.92. The summed E-state index contributed by atoms with van der Waals surface area (Å²) in [7, 11) is 1.00. The van der Waals surface area contributed by atoms with E-state index in [1.807, 2.05) is 6.92 Å². The van der Waals surface area contributed by atoms with Gasteiger partial charge in [0.05, 0.1) is 0 Å². The fourth-order valence-electron chi connectivity index (χ4n) is 0.939. The molecule has 0 saturated heterocycles. The smallest absolute Gasteiger partial charge is 0.150 e. The van der Waals surface area contributed by atoms with Gasteiger partial charge in [0.2, 0.25) is 0 Å². The fourth-order valence-corrected chi connectivity index (χ4v) is 0.939. The van der Waals surface area contributed by atoms with Crippen molar-refractivity contribution in [1.29, 1.82) is 0 Å². The van der Waals surface area contributed by atoms with Crippen molar-refractivity contribution in [2.75, 3.05) is 12.8 Å². The maximum absolute atomic E-state index is 10.2. The van der Waals surface area contributed by atoms with Crippen LogP contribution in [0.1, 0.15) is 35.7 Å². The Bertz CT molecular complexity index is 320. The number of rotatable bonds is 1. The number of carbonyl (C=O) groups is 1. The van der Waals surface area contributed by atoms with Crippen molar-refractivity contribution in [3.63, 3.8) is 0 Å². The molecule has 2 rings (SSSR count). The third kappa shape index (κ3) is 6.19. The van der Waals surface area contributed by atoms with Crippen LogP contribution in [-0.2, 0) is 0 Å². The molecule has 3 N–H and O–H groups in total. The number of nitrogen functional groups attached to an aromatic ring is 1. The Morgan fingerprint density at radius 3 is 2.19 bits per heavy atom. The van der Waals surface area contributed by atoms with E-state index in [0.29, 0.717) is 5.56 Å². The molecule has 0 atom stereocenters. The molecule has 0 amide bonds. The summed E-state index contributed by atoms with van der Waals surface area (Å²) in [6.07, 6.45) is 3.78. The number of aryl methyl sites for hydroxylation is 1. The SMILES string of the molecule is CC1CC1.CO.Cc1cc(C=O)ccc1N. The molecule has 0 radical (unpaired) electrons. The molecular formula is C13H21NO2. The predicted octanol–water partition coefficient (Wildman–Crippen LogP) is 2.41. The van der Waals surface area contributed by atoms with E-state index in [4.69, 9.17) is 10.8 Å². The average Bonchev–Trinajstić information content (AvgIpc) is 3.08. The minimum atomic E-state index is 0.673. The Hall–Kier alpha value is -1.35. The monoisotopic (exact) mass is 223 g/mol. The van der Waals surface area contributed by atoms with Crippen molar-refractivity contribution in [3.8, 4) is 0 Å². The van der Waals surface area contributed by atoms with Crippen LogP contribution in [-0.4, -0.2) is 18.5 Å². The maximum Gasteiger partial charge on any atom is 0.150 e. The highest BCUT2D eigenvalue weighted by Gasteiger charge is 2.12. The second-order valence-corrected chi connectivity index (χ2v) is 3.92. The van der Waals surface area contributed by atoms with Gasteiger partial charge >= 0.3 is 0 Å². The quantitative estimate of drug-likeness (QED) is 0.567. The molecule has 90 valence electrons.